The van der Waals surface area contributed by atoms with Crippen molar-refractivity contribution < 1.29 is 4.79 Å². The number of rotatable bonds is 2. The summed E-state index contributed by atoms with van der Waals surface area (Å²) in [6.45, 7) is 1.63. The lowest BCUT2D eigenvalue weighted by molar-refractivity contribution is 0.0716. The van der Waals surface area contributed by atoms with Gasteiger partial charge in [0.05, 0.1) is 16.6 Å². The Labute approximate surface area is 157 Å². The number of carbonyl (C=O) groups is 1. The van der Waals surface area contributed by atoms with Gasteiger partial charge in [0.2, 0.25) is 5.95 Å². The molecular weight excluding hydrogens is 338 g/mol. The Morgan fingerprint density at radius 1 is 0.963 bits per heavy atom. The van der Waals surface area contributed by atoms with E-state index in [1.54, 1.807) is 18.5 Å². The van der Waals surface area contributed by atoms with Crippen molar-refractivity contribution in [1.82, 2.24) is 24.0 Å². The van der Waals surface area contributed by atoms with E-state index in [0.717, 1.165) is 47.9 Å². The van der Waals surface area contributed by atoms with Crippen LogP contribution in [0.25, 0.3) is 27.9 Å². The van der Waals surface area contributed by atoms with Gasteiger partial charge in [0.25, 0.3) is 5.91 Å². The normalized spacial score (nSPS) is 14.9. The third-order valence-electron chi connectivity index (χ3n) is 5.48. The minimum Gasteiger partial charge on any atom is -0.342 e. The number of carbonyl (C=O) groups excluding carboxylic acids is 1. The number of benzene rings is 1. The van der Waals surface area contributed by atoms with E-state index in [9.17, 15) is 4.79 Å². The Morgan fingerprint density at radius 2 is 1.70 bits per heavy atom. The van der Waals surface area contributed by atoms with Crippen LogP contribution < -0.4 is 0 Å². The number of hydrogen-bond donors (Lipinski definition) is 0. The molecule has 27 heavy (non-hydrogen) atoms. The van der Waals surface area contributed by atoms with Crippen LogP contribution in [0.1, 0.15) is 29.8 Å². The first-order valence-electron chi connectivity index (χ1n) is 9.41. The maximum atomic E-state index is 13.3. The molecule has 0 unspecified atom stereocenters. The molecule has 1 amide bonds. The molecule has 1 aromatic carbocycles. The average molecular weight is 359 g/mol. The molecule has 1 aliphatic rings. The van der Waals surface area contributed by atoms with Crippen molar-refractivity contribution in [2.75, 3.05) is 13.1 Å². The Bertz CT molecular complexity index is 1140. The summed E-state index contributed by atoms with van der Waals surface area (Å²) in [5.41, 5.74) is 3.77. The van der Waals surface area contributed by atoms with E-state index >= 15 is 0 Å². The summed E-state index contributed by atoms with van der Waals surface area (Å²) in [5.74, 6) is 0.589. The molecule has 1 aliphatic heterocycles. The monoisotopic (exact) mass is 359 g/mol. The van der Waals surface area contributed by atoms with Gasteiger partial charge in [-0.1, -0.05) is 18.2 Å². The van der Waals surface area contributed by atoms with Crippen LogP contribution >= 0.6 is 0 Å². The van der Waals surface area contributed by atoms with Crippen molar-refractivity contribution in [2.24, 2.45) is 7.05 Å². The molecule has 3 aromatic heterocycles. The molecule has 4 heterocycles. The summed E-state index contributed by atoms with van der Waals surface area (Å²) < 4.78 is 4.06. The molecule has 0 radical (unpaired) electrons. The largest absolute Gasteiger partial charge is 0.342 e. The quantitative estimate of drug-likeness (QED) is 0.550. The number of likely N-dealkylation sites (tertiary alicyclic amines) is 1. The third kappa shape index (κ3) is 2.44. The van der Waals surface area contributed by atoms with Crippen LogP contribution in [0.15, 0.2) is 48.8 Å². The molecule has 6 nitrogen and oxygen atoms in total. The number of amides is 1. The zero-order valence-electron chi connectivity index (χ0n) is 15.3. The van der Waals surface area contributed by atoms with Crippen molar-refractivity contribution in [2.45, 2.75) is 19.3 Å². The van der Waals surface area contributed by atoms with E-state index in [2.05, 4.69) is 26.7 Å². The number of piperidine rings is 1. The second-order valence-corrected chi connectivity index (χ2v) is 7.08. The highest BCUT2D eigenvalue weighted by Gasteiger charge is 2.26. The summed E-state index contributed by atoms with van der Waals surface area (Å²) in [6.07, 6.45) is 6.76. The third-order valence-corrected chi connectivity index (χ3v) is 5.48. The van der Waals surface area contributed by atoms with Gasteiger partial charge in [-0.3, -0.25) is 9.36 Å². The molecule has 0 bridgehead atoms. The lowest BCUT2D eigenvalue weighted by Gasteiger charge is -2.27. The first-order valence-corrected chi connectivity index (χ1v) is 9.41. The summed E-state index contributed by atoms with van der Waals surface area (Å²) in [5, 5.41) is 1.10. The standard InChI is InChI=1S/C21H21N5O/c1-24-16-9-4-3-8-15(16)19-17(24)14-18(20(27)25-12-5-2-6-13-25)26(19)21-22-10-7-11-23-21/h3-4,7-11,14H,2,5-6,12-13H2,1H3. The van der Waals surface area contributed by atoms with E-state index in [1.807, 2.05) is 34.7 Å². The molecule has 5 rings (SSSR count). The van der Waals surface area contributed by atoms with Crippen LogP contribution in [0, 0.1) is 0 Å². The zero-order valence-corrected chi connectivity index (χ0v) is 15.3. The molecular formula is C21H21N5O. The fourth-order valence-electron chi connectivity index (χ4n) is 4.14. The van der Waals surface area contributed by atoms with Crippen molar-refractivity contribution in [1.29, 1.82) is 0 Å². The van der Waals surface area contributed by atoms with Crippen LogP contribution in [0.3, 0.4) is 0 Å². The Hall–Kier alpha value is -3.15. The molecule has 0 spiro atoms. The van der Waals surface area contributed by atoms with Gasteiger partial charge in [-0.15, -0.1) is 0 Å². The maximum Gasteiger partial charge on any atom is 0.271 e. The van der Waals surface area contributed by atoms with Crippen LogP contribution in [-0.4, -0.2) is 43.0 Å². The van der Waals surface area contributed by atoms with Crippen molar-refractivity contribution in [3.8, 4) is 5.95 Å². The van der Waals surface area contributed by atoms with E-state index in [-0.39, 0.29) is 5.91 Å². The van der Waals surface area contributed by atoms with E-state index < -0.39 is 0 Å². The number of aromatic nitrogens is 4. The van der Waals surface area contributed by atoms with Gasteiger partial charge < -0.3 is 9.47 Å². The maximum absolute atomic E-state index is 13.3. The van der Waals surface area contributed by atoms with Crippen LogP contribution in [0.5, 0.6) is 0 Å². The molecule has 4 aromatic rings. The number of fused-ring (bicyclic) bond motifs is 3. The SMILES string of the molecule is Cn1c2ccccc2c2c1cc(C(=O)N1CCCCC1)n2-c1ncccn1. The topological polar surface area (TPSA) is 56.0 Å². The second-order valence-electron chi connectivity index (χ2n) is 7.08. The predicted molar refractivity (Wildman–Crippen MR) is 105 cm³/mol. The van der Waals surface area contributed by atoms with E-state index in [4.69, 9.17) is 0 Å². The summed E-state index contributed by atoms with van der Waals surface area (Å²) in [6, 6.07) is 12.0. The van der Waals surface area contributed by atoms with Crippen molar-refractivity contribution >= 4 is 27.8 Å². The van der Waals surface area contributed by atoms with Gasteiger partial charge in [0, 0.05) is 37.9 Å². The molecule has 0 saturated carbocycles. The van der Waals surface area contributed by atoms with Gasteiger partial charge in [0.15, 0.2) is 0 Å². The number of nitrogens with zero attached hydrogens (tertiary/aromatic N) is 5. The van der Waals surface area contributed by atoms with Crippen LogP contribution in [-0.2, 0) is 7.05 Å². The Kier molecular flexibility index (Phi) is 3.70. The van der Waals surface area contributed by atoms with E-state index in [1.165, 1.54) is 6.42 Å². The highest BCUT2D eigenvalue weighted by Crippen LogP contribution is 2.33. The predicted octanol–water partition coefficient (Wildman–Crippen LogP) is 3.54. The van der Waals surface area contributed by atoms with Gasteiger partial charge in [-0.2, -0.15) is 0 Å². The second kappa shape index (κ2) is 6.23. The molecule has 0 aliphatic carbocycles. The lowest BCUT2D eigenvalue weighted by Crippen LogP contribution is -2.36. The molecule has 0 atom stereocenters. The molecule has 0 N–H and O–H groups in total. The summed E-state index contributed by atoms with van der Waals surface area (Å²) in [4.78, 5) is 24.2. The Morgan fingerprint density at radius 3 is 2.48 bits per heavy atom. The van der Waals surface area contributed by atoms with Crippen LogP contribution in [0.2, 0.25) is 0 Å². The average Bonchev–Trinajstić information content (AvgIpc) is 3.25. The minimum atomic E-state index is 0.0578. The molecule has 1 saturated heterocycles. The number of hydrogen-bond acceptors (Lipinski definition) is 3. The molecule has 6 heteroatoms. The fraction of sp³-hybridized carbons (Fsp3) is 0.286. The van der Waals surface area contributed by atoms with Gasteiger partial charge in [0.1, 0.15) is 5.69 Å². The first-order chi connectivity index (χ1) is 13.3. The van der Waals surface area contributed by atoms with Crippen molar-refractivity contribution in [3.05, 3.63) is 54.5 Å². The molecule has 1 fully saturated rings. The minimum absolute atomic E-state index is 0.0578. The highest BCUT2D eigenvalue weighted by molar-refractivity contribution is 6.10. The van der Waals surface area contributed by atoms with E-state index in [0.29, 0.717) is 11.6 Å². The summed E-state index contributed by atoms with van der Waals surface area (Å²) >= 11 is 0. The number of para-hydroxylation sites is 1. The zero-order chi connectivity index (χ0) is 18.4. The van der Waals surface area contributed by atoms with Crippen molar-refractivity contribution in [3.63, 3.8) is 0 Å². The first kappa shape index (κ1) is 16.1. The fourth-order valence-corrected chi connectivity index (χ4v) is 4.14. The number of aryl methyl sites for hydroxylation is 1. The smallest absolute Gasteiger partial charge is 0.271 e. The van der Waals surface area contributed by atoms with Gasteiger partial charge in [-0.05, 0) is 37.5 Å². The van der Waals surface area contributed by atoms with Gasteiger partial charge >= 0.3 is 0 Å². The van der Waals surface area contributed by atoms with Crippen LogP contribution in [0.4, 0.5) is 0 Å². The molecule has 136 valence electrons. The van der Waals surface area contributed by atoms with Gasteiger partial charge in [-0.25, -0.2) is 9.97 Å². The Balaban J connectivity index is 1.80. The summed E-state index contributed by atoms with van der Waals surface area (Å²) in [7, 11) is 2.04. The lowest BCUT2D eigenvalue weighted by atomic mass is 10.1. The highest BCUT2D eigenvalue weighted by atomic mass is 16.2.